The molecule has 0 spiro atoms. The predicted octanol–water partition coefficient (Wildman–Crippen LogP) is 3.27. The molecule has 1 nitrogen and oxygen atoms in total. The summed E-state index contributed by atoms with van der Waals surface area (Å²) in [6.07, 6.45) is 6.58. The third-order valence-corrected chi connectivity index (χ3v) is 4.24. The molecule has 0 saturated heterocycles. The molecule has 1 aromatic carbocycles. The maximum Gasteiger partial charge on any atom is 0.00748 e. The Hall–Kier alpha value is -0.470. The molecule has 0 amide bonds. The van der Waals surface area contributed by atoms with E-state index in [1.807, 2.05) is 18.8 Å². The van der Waals surface area contributed by atoms with Gasteiger partial charge in [-0.3, -0.25) is 0 Å². The van der Waals surface area contributed by atoms with E-state index in [0.717, 1.165) is 6.54 Å². The van der Waals surface area contributed by atoms with Gasteiger partial charge in [0, 0.05) is 4.90 Å². The largest absolute Gasteiger partial charge is 0.320 e. The first-order chi connectivity index (χ1) is 7.90. The fourth-order valence-electron chi connectivity index (χ4n) is 2.24. The lowest BCUT2D eigenvalue weighted by Crippen LogP contribution is -2.08. The molecule has 0 aromatic heterocycles. The zero-order valence-corrected chi connectivity index (χ0v) is 10.9. The summed E-state index contributed by atoms with van der Waals surface area (Å²) < 4.78 is 0. The van der Waals surface area contributed by atoms with E-state index in [1.165, 1.54) is 42.8 Å². The molecule has 0 unspecified atom stereocenters. The number of fused-ring (bicyclic) bond motifs is 1. The standard InChI is InChI=1S/C14H21NS/c1-15-9-4-10-16-14-8-7-12-5-2-3-6-13(12)11-14/h7-8,11,15H,2-6,9-10H2,1H3. The van der Waals surface area contributed by atoms with Crippen molar-refractivity contribution in [2.45, 2.75) is 37.0 Å². The van der Waals surface area contributed by atoms with E-state index in [0.29, 0.717) is 0 Å². The van der Waals surface area contributed by atoms with Gasteiger partial charge in [-0.25, -0.2) is 0 Å². The first kappa shape index (κ1) is 12.0. The Balaban J connectivity index is 1.90. The van der Waals surface area contributed by atoms with Gasteiger partial charge in [0.15, 0.2) is 0 Å². The van der Waals surface area contributed by atoms with Crippen LogP contribution in [-0.2, 0) is 12.8 Å². The van der Waals surface area contributed by atoms with Gasteiger partial charge in [0.1, 0.15) is 0 Å². The lowest BCUT2D eigenvalue weighted by atomic mass is 9.92. The molecule has 0 radical (unpaired) electrons. The van der Waals surface area contributed by atoms with Crippen LogP contribution in [0.5, 0.6) is 0 Å². The van der Waals surface area contributed by atoms with Gasteiger partial charge in [-0.15, -0.1) is 11.8 Å². The first-order valence-corrected chi connectivity index (χ1v) is 7.28. The Morgan fingerprint density at radius 1 is 1.19 bits per heavy atom. The number of thioether (sulfide) groups is 1. The van der Waals surface area contributed by atoms with Crippen molar-refractivity contribution in [3.8, 4) is 0 Å². The molecule has 88 valence electrons. The van der Waals surface area contributed by atoms with Crippen molar-refractivity contribution in [1.82, 2.24) is 5.32 Å². The van der Waals surface area contributed by atoms with Crippen molar-refractivity contribution >= 4 is 11.8 Å². The van der Waals surface area contributed by atoms with Gasteiger partial charge in [-0.2, -0.15) is 0 Å². The van der Waals surface area contributed by atoms with Gasteiger partial charge >= 0.3 is 0 Å². The predicted molar refractivity (Wildman–Crippen MR) is 72.4 cm³/mol. The molecule has 1 aliphatic carbocycles. The molecule has 0 heterocycles. The van der Waals surface area contributed by atoms with Crippen LogP contribution in [0.1, 0.15) is 30.4 Å². The second-order valence-electron chi connectivity index (χ2n) is 4.44. The van der Waals surface area contributed by atoms with E-state index in [1.54, 1.807) is 11.1 Å². The topological polar surface area (TPSA) is 12.0 Å². The van der Waals surface area contributed by atoms with Crippen LogP contribution in [0.25, 0.3) is 0 Å². The van der Waals surface area contributed by atoms with Crippen LogP contribution in [-0.4, -0.2) is 19.3 Å². The highest BCUT2D eigenvalue weighted by atomic mass is 32.2. The maximum absolute atomic E-state index is 3.19. The Morgan fingerprint density at radius 2 is 2.00 bits per heavy atom. The average molecular weight is 235 g/mol. The molecule has 2 heteroatoms. The number of aryl methyl sites for hydroxylation is 2. The minimum Gasteiger partial charge on any atom is -0.320 e. The van der Waals surface area contributed by atoms with Crippen LogP contribution in [0.4, 0.5) is 0 Å². The van der Waals surface area contributed by atoms with Crippen LogP contribution >= 0.6 is 11.8 Å². The molecular weight excluding hydrogens is 214 g/mol. The fraction of sp³-hybridized carbons (Fsp3) is 0.571. The van der Waals surface area contributed by atoms with Crippen molar-refractivity contribution < 1.29 is 0 Å². The van der Waals surface area contributed by atoms with Gasteiger partial charge in [0.05, 0.1) is 0 Å². The molecule has 0 aliphatic heterocycles. The van der Waals surface area contributed by atoms with Gasteiger partial charge in [0.2, 0.25) is 0 Å². The summed E-state index contributed by atoms with van der Waals surface area (Å²) in [6, 6.07) is 7.06. The van der Waals surface area contributed by atoms with E-state index < -0.39 is 0 Å². The van der Waals surface area contributed by atoms with E-state index in [-0.39, 0.29) is 0 Å². The Labute approximate surface area is 103 Å². The van der Waals surface area contributed by atoms with Crippen LogP contribution in [0.15, 0.2) is 23.1 Å². The quantitative estimate of drug-likeness (QED) is 0.621. The monoisotopic (exact) mass is 235 g/mol. The SMILES string of the molecule is CNCCCSc1ccc2c(c1)CCCC2. The molecule has 1 aromatic rings. The summed E-state index contributed by atoms with van der Waals surface area (Å²) in [6.45, 7) is 1.12. The second kappa shape index (κ2) is 6.31. The molecule has 2 rings (SSSR count). The maximum atomic E-state index is 3.19. The third-order valence-electron chi connectivity index (χ3n) is 3.16. The summed E-state index contributed by atoms with van der Waals surface area (Å²) in [5, 5.41) is 3.19. The normalized spacial score (nSPS) is 14.8. The van der Waals surface area contributed by atoms with Crippen LogP contribution in [0.2, 0.25) is 0 Å². The van der Waals surface area contributed by atoms with Crippen molar-refractivity contribution in [3.05, 3.63) is 29.3 Å². The first-order valence-electron chi connectivity index (χ1n) is 6.29. The molecular formula is C14H21NS. The molecule has 0 fully saturated rings. The summed E-state index contributed by atoms with van der Waals surface area (Å²) in [4.78, 5) is 1.46. The smallest absolute Gasteiger partial charge is 0.00748 e. The molecule has 0 atom stereocenters. The Kier molecular flexibility index (Phi) is 4.73. The fourth-order valence-corrected chi connectivity index (χ4v) is 3.15. The number of nitrogens with one attached hydrogen (secondary N) is 1. The lowest BCUT2D eigenvalue weighted by Gasteiger charge is -2.16. The van der Waals surface area contributed by atoms with Gasteiger partial charge in [0.25, 0.3) is 0 Å². The molecule has 1 aliphatic rings. The van der Waals surface area contributed by atoms with Gasteiger partial charge in [-0.05, 0) is 74.7 Å². The summed E-state index contributed by atoms with van der Waals surface area (Å²) in [5.41, 5.74) is 3.19. The van der Waals surface area contributed by atoms with Crippen molar-refractivity contribution in [3.63, 3.8) is 0 Å². The van der Waals surface area contributed by atoms with Crippen molar-refractivity contribution in [2.75, 3.05) is 19.3 Å². The zero-order valence-electron chi connectivity index (χ0n) is 10.1. The minimum atomic E-state index is 1.12. The summed E-state index contributed by atoms with van der Waals surface area (Å²) in [7, 11) is 2.02. The molecule has 0 bridgehead atoms. The van der Waals surface area contributed by atoms with E-state index >= 15 is 0 Å². The molecule has 1 N–H and O–H groups in total. The van der Waals surface area contributed by atoms with Crippen molar-refractivity contribution in [2.24, 2.45) is 0 Å². The van der Waals surface area contributed by atoms with E-state index in [9.17, 15) is 0 Å². The number of hydrogen-bond donors (Lipinski definition) is 1. The Bertz CT molecular complexity index is 336. The summed E-state index contributed by atoms with van der Waals surface area (Å²) >= 11 is 1.99. The number of benzene rings is 1. The van der Waals surface area contributed by atoms with Crippen molar-refractivity contribution in [1.29, 1.82) is 0 Å². The lowest BCUT2D eigenvalue weighted by molar-refractivity contribution is 0.683. The van der Waals surface area contributed by atoms with Gasteiger partial charge < -0.3 is 5.32 Å². The van der Waals surface area contributed by atoms with Crippen LogP contribution < -0.4 is 5.32 Å². The highest BCUT2D eigenvalue weighted by Gasteiger charge is 2.09. The van der Waals surface area contributed by atoms with Crippen LogP contribution in [0.3, 0.4) is 0 Å². The summed E-state index contributed by atoms with van der Waals surface area (Å²) in [5.74, 6) is 1.22. The number of hydrogen-bond acceptors (Lipinski definition) is 2. The van der Waals surface area contributed by atoms with E-state index in [2.05, 4.69) is 23.5 Å². The third kappa shape index (κ3) is 3.26. The second-order valence-corrected chi connectivity index (χ2v) is 5.61. The highest BCUT2D eigenvalue weighted by molar-refractivity contribution is 7.99. The number of rotatable bonds is 5. The molecule has 0 saturated carbocycles. The zero-order chi connectivity index (χ0) is 11.2. The van der Waals surface area contributed by atoms with E-state index in [4.69, 9.17) is 0 Å². The van der Waals surface area contributed by atoms with Crippen LogP contribution in [0, 0.1) is 0 Å². The highest BCUT2D eigenvalue weighted by Crippen LogP contribution is 2.27. The minimum absolute atomic E-state index is 1.12. The average Bonchev–Trinajstić information content (AvgIpc) is 2.34. The van der Waals surface area contributed by atoms with Gasteiger partial charge in [-0.1, -0.05) is 6.07 Å². The molecule has 16 heavy (non-hydrogen) atoms. The Morgan fingerprint density at radius 3 is 2.81 bits per heavy atom.